The normalized spacial score (nSPS) is 10.2. The molecule has 5 heteroatoms. The topological polar surface area (TPSA) is 61.4 Å². The molecular formula is C16H17ClN2O2. The van der Waals surface area contributed by atoms with Crippen LogP contribution in [0.5, 0.6) is 0 Å². The fraction of sp³-hybridized carbons (Fsp3) is 0.188. The summed E-state index contributed by atoms with van der Waals surface area (Å²) in [7, 11) is 0. The van der Waals surface area contributed by atoms with Gasteiger partial charge < -0.3 is 15.7 Å². The number of rotatable bonds is 4. The molecule has 0 aromatic heterocycles. The van der Waals surface area contributed by atoms with Crippen molar-refractivity contribution in [2.45, 2.75) is 20.1 Å². The molecule has 2 amide bonds. The van der Waals surface area contributed by atoms with Crippen LogP contribution in [0.15, 0.2) is 42.5 Å². The molecule has 21 heavy (non-hydrogen) atoms. The molecule has 0 aliphatic carbocycles. The van der Waals surface area contributed by atoms with E-state index in [1.54, 1.807) is 18.2 Å². The molecule has 0 atom stereocenters. The molecule has 0 heterocycles. The Kier molecular flexibility index (Phi) is 5.20. The van der Waals surface area contributed by atoms with Crippen molar-refractivity contribution in [3.05, 3.63) is 64.2 Å². The van der Waals surface area contributed by atoms with Crippen LogP contribution in [0.1, 0.15) is 16.7 Å². The SMILES string of the molecule is Cc1c(Cl)cccc1NC(=O)NCc1ccccc1CO. The summed E-state index contributed by atoms with van der Waals surface area (Å²) in [5.41, 5.74) is 3.19. The van der Waals surface area contributed by atoms with Gasteiger partial charge in [-0.15, -0.1) is 0 Å². The van der Waals surface area contributed by atoms with Gasteiger partial charge in [-0.1, -0.05) is 41.9 Å². The molecule has 0 aliphatic rings. The Morgan fingerprint density at radius 1 is 1.14 bits per heavy atom. The first kappa shape index (κ1) is 15.4. The molecule has 0 saturated heterocycles. The second kappa shape index (κ2) is 7.11. The summed E-state index contributed by atoms with van der Waals surface area (Å²) in [6.07, 6.45) is 0. The van der Waals surface area contributed by atoms with Gasteiger partial charge in [0.05, 0.1) is 6.61 Å². The average molecular weight is 305 g/mol. The summed E-state index contributed by atoms with van der Waals surface area (Å²) in [5.74, 6) is 0. The first-order valence-corrected chi connectivity index (χ1v) is 6.97. The van der Waals surface area contributed by atoms with Gasteiger partial charge in [0, 0.05) is 17.3 Å². The van der Waals surface area contributed by atoms with Crippen LogP contribution in [0.2, 0.25) is 5.02 Å². The van der Waals surface area contributed by atoms with E-state index >= 15 is 0 Å². The van der Waals surface area contributed by atoms with Crippen LogP contribution in [0, 0.1) is 6.92 Å². The number of carbonyl (C=O) groups excluding carboxylic acids is 1. The zero-order valence-electron chi connectivity index (χ0n) is 11.7. The monoisotopic (exact) mass is 304 g/mol. The van der Waals surface area contributed by atoms with Crippen molar-refractivity contribution in [1.82, 2.24) is 5.32 Å². The largest absolute Gasteiger partial charge is 0.392 e. The lowest BCUT2D eigenvalue weighted by atomic mass is 10.1. The van der Waals surface area contributed by atoms with Crippen LogP contribution in [0.3, 0.4) is 0 Å². The van der Waals surface area contributed by atoms with Crippen LogP contribution < -0.4 is 10.6 Å². The number of hydrogen-bond donors (Lipinski definition) is 3. The zero-order valence-corrected chi connectivity index (χ0v) is 12.4. The van der Waals surface area contributed by atoms with Gasteiger partial charge >= 0.3 is 6.03 Å². The summed E-state index contributed by atoms with van der Waals surface area (Å²) in [5, 5.41) is 15.4. The Bertz CT molecular complexity index is 644. The van der Waals surface area contributed by atoms with Crippen molar-refractivity contribution < 1.29 is 9.90 Å². The minimum atomic E-state index is -0.312. The van der Waals surface area contributed by atoms with Crippen LogP contribution in [-0.4, -0.2) is 11.1 Å². The Balaban J connectivity index is 1.98. The maximum Gasteiger partial charge on any atom is 0.319 e. The fourth-order valence-electron chi connectivity index (χ4n) is 1.97. The van der Waals surface area contributed by atoms with E-state index in [1.807, 2.05) is 31.2 Å². The highest BCUT2D eigenvalue weighted by molar-refractivity contribution is 6.31. The lowest BCUT2D eigenvalue weighted by Gasteiger charge is -2.12. The maximum absolute atomic E-state index is 11.9. The number of anilines is 1. The van der Waals surface area contributed by atoms with E-state index in [-0.39, 0.29) is 12.6 Å². The summed E-state index contributed by atoms with van der Waals surface area (Å²) < 4.78 is 0. The molecular weight excluding hydrogens is 288 g/mol. The van der Waals surface area contributed by atoms with Gasteiger partial charge in [-0.25, -0.2) is 4.79 Å². The molecule has 0 spiro atoms. The Morgan fingerprint density at radius 2 is 1.86 bits per heavy atom. The van der Waals surface area contributed by atoms with Gasteiger partial charge in [-0.2, -0.15) is 0 Å². The molecule has 0 unspecified atom stereocenters. The number of aliphatic hydroxyl groups excluding tert-OH is 1. The van der Waals surface area contributed by atoms with E-state index in [9.17, 15) is 9.90 Å². The van der Waals surface area contributed by atoms with Crippen LogP contribution in [-0.2, 0) is 13.2 Å². The number of halogens is 1. The number of urea groups is 1. The third-order valence-electron chi connectivity index (χ3n) is 3.24. The third kappa shape index (κ3) is 3.97. The third-order valence-corrected chi connectivity index (χ3v) is 3.65. The summed E-state index contributed by atoms with van der Waals surface area (Å²) in [6, 6.07) is 12.5. The van der Waals surface area contributed by atoms with Crippen molar-refractivity contribution in [2.24, 2.45) is 0 Å². The predicted molar refractivity (Wildman–Crippen MR) is 84.4 cm³/mol. The molecule has 2 aromatic rings. The first-order chi connectivity index (χ1) is 10.1. The quantitative estimate of drug-likeness (QED) is 0.810. The highest BCUT2D eigenvalue weighted by Gasteiger charge is 2.07. The highest BCUT2D eigenvalue weighted by Crippen LogP contribution is 2.22. The predicted octanol–water partition coefficient (Wildman–Crippen LogP) is 3.46. The van der Waals surface area contributed by atoms with Crippen molar-refractivity contribution in [1.29, 1.82) is 0 Å². The van der Waals surface area contributed by atoms with Crippen molar-refractivity contribution in [2.75, 3.05) is 5.32 Å². The van der Waals surface area contributed by atoms with Gasteiger partial charge in [0.25, 0.3) is 0 Å². The molecule has 3 N–H and O–H groups in total. The molecule has 2 aromatic carbocycles. The molecule has 110 valence electrons. The molecule has 0 saturated carbocycles. The Morgan fingerprint density at radius 3 is 2.57 bits per heavy atom. The molecule has 0 aliphatic heterocycles. The number of amides is 2. The van der Waals surface area contributed by atoms with E-state index in [0.717, 1.165) is 16.7 Å². The van der Waals surface area contributed by atoms with Crippen molar-refractivity contribution in [3.8, 4) is 0 Å². The lowest BCUT2D eigenvalue weighted by molar-refractivity contribution is 0.251. The van der Waals surface area contributed by atoms with Crippen molar-refractivity contribution in [3.63, 3.8) is 0 Å². The Labute approximate surface area is 128 Å². The zero-order chi connectivity index (χ0) is 15.2. The van der Waals surface area contributed by atoms with Crippen LogP contribution in [0.4, 0.5) is 10.5 Å². The standard InChI is InChI=1S/C16H17ClN2O2/c1-11-14(17)7-4-8-15(11)19-16(21)18-9-12-5-2-3-6-13(12)10-20/h2-8,20H,9-10H2,1H3,(H2,18,19,21). The van der Waals surface area contributed by atoms with Crippen molar-refractivity contribution >= 4 is 23.3 Å². The smallest absolute Gasteiger partial charge is 0.319 e. The van der Waals surface area contributed by atoms with E-state index in [4.69, 9.17) is 11.6 Å². The van der Waals surface area contributed by atoms with Gasteiger partial charge in [-0.3, -0.25) is 0 Å². The first-order valence-electron chi connectivity index (χ1n) is 6.59. The number of hydrogen-bond acceptors (Lipinski definition) is 2. The fourth-order valence-corrected chi connectivity index (χ4v) is 2.14. The number of nitrogens with one attached hydrogen (secondary N) is 2. The van der Waals surface area contributed by atoms with Crippen LogP contribution in [0.25, 0.3) is 0 Å². The molecule has 0 fully saturated rings. The molecule has 2 rings (SSSR count). The lowest BCUT2D eigenvalue weighted by Crippen LogP contribution is -2.28. The average Bonchev–Trinajstić information content (AvgIpc) is 2.50. The molecule has 4 nitrogen and oxygen atoms in total. The van der Waals surface area contributed by atoms with E-state index in [0.29, 0.717) is 17.3 Å². The highest BCUT2D eigenvalue weighted by atomic mass is 35.5. The molecule has 0 bridgehead atoms. The van der Waals surface area contributed by atoms with E-state index < -0.39 is 0 Å². The summed E-state index contributed by atoms with van der Waals surface area (Å²) >= 11 is 6.01. The van der Waals surface area contributed by atoms with E-state index in [2.05, 4.69) is 10.6 Å². The number of aliphatic hydroxyl groups is 1. The summed E-state index contributed by atoms with van der Waals surface area (Å²) in [4.78, 5) is 11.9. The van der Waals surface area contributed by atoms with Gasteiger partial charge in [0.15, 0.2) is 0 Å². The minimum absolute atomic E-state index is 0.0487. The maximum atomic E-state index is 11.9. The van der Waals surface area contributed by atoms with Crippen LogP contribution >= 0.6 is 11.6 Å². The second-order valence-corrected chi connectivity index (χ2v) is 5.05. The summed E-state index contributed by atoms with van der Waals surface area (Å²) in [6.45, 7) is 2.15. The van der Waals surface area contributed by atoms with Gasteiger partial charge in [0.1, 0.15) is 0 Å². The van der Waals surface area contributed by atoms with Gasteiger partial charge in [-0.05, 0) is 35.7 Å². The Hall–Kier alpha value is -2.04. The second-order valence-electron chi connectivity index (χ2n) is 4.65. The van der Waals surface area contributed by atoms with Gasteiger partial charge in [0.2, 0.25) is 0 Å². The molecule has 0 radical (unpaired) electrons. The number of carbonyl (C=O) groups is 1. The number of benzene rings is 2. The minimum Gasteiger partial charge on any atom is -0.392 e. The van der Waals surface area contributed by atoms with E-state index in [1.165, 1.54) is 0 Å².